The van der Waals surface area contributed by atoms with E-state index in [1.54, 1.807) is 12.4 Å². The molecule has 0 aliphatic carbocycles. The summed E-state index contributed by atoms with van der Waals surface area (Å²) in [7, 11) is 0. The van der Waals surface area contributed by atoms with E-state index in [2.05, 4.69) is 29.5 Å². The third-order valence-corrected chi connectivity index (χ3v) is 3.50. The summed E-state index contributed by atoms with van der Waals surface area (Å²) in [6.45, 7) is 4.63. The van der Waals surface area contributed by atoms with Gasteiger partial charge in [-0.25, -0.2) is 0 Å². The maximum Gasteiger partial charge on any atom is 0.267 e. The molecule has 2 aromatic rings. The molecule has 0 bridgehead atoms. The van der Waals surface area contributed by atoms with Gasteiger partial charge in [-0.2, -0.15) is 5.26 Å². The highest BCUT2D eigenvalue weighted by Gasteiger charge is 2.12. The Labute approximate surface area is 142 Å². The molecule has 122 valence electrons. The molecular formula is C19H20N4O. The Kier molecular flexibility index (Phi) is 6.09. The van der Waals surface area contributed by atoms with Crippen LogP contribution in [0.5, 0.6) is 0 Å². The molecule has 1 aromatic heterocycles. The van der Waals surface area contributed by atoms with E-state index in [1.807, 2.05) is 42.5 Å². The molecule has 0 saturated carbocycles. The summed E-state index contributed by atoms with van der Waals surface area (Å²) >= 11 is 0. The van der Waals surface area contributed by atoms with Gasteiger partial charge in [0.15, 0.2) is 0 Å². The number of para-hydroxylation sites is 1. The summed E-state index contributed by atoms with van der Waals surface area (Å²) in [5.41, 5.74) is 2.81. The van der Waals surface area contributed by atoms with Crippen LogP contribution in [0.2, 0.25) is 0 Å². The normalized spacial score (nSPS) is 11.0. The van der Waals surface area contributed by atoms with Crippen LogP contribution in [-0.4, -0.2) is 10.9 Å². The second-order valence-electron chi connectivity index (χ2n) is 5.60. The summed E-state index contributed by atoms with van der Waals surface area (Å²) < 4.78 is 0. The lowest BCUT2D eigenvalue weighted by atomic mass is 10.0. The number of nitrogens with one attached hydrogen (secondary N) is 2. The quantitative estimate of drug-likeness (QED) is 0.632. The van der Waals surface area contributed by atoms with Crippen LogP contribution in [0, 0.1) is 11.3 Å². The fraction of sp³-hybridized carbons (Fsp3) is 0.211. The van der Waals surface area contributed by atoms with E-state index in [1.165, 1.54) is 6.20 Å². The van der Waals surface area contributed by atoms with Crippen LogP contribution in [-0.2, 0) is 11.3 Å². The van der Waals surface area contributed by atoms with Crippen molar-refractivity contribution in [1.82, 2.24) is 10.3 Å². The fourth-order valence-electron chi connectivity index (χ4n) is 2.22. The van der Waals surface area contributed by atoms with Gasteiger partial charge in [-0.3, -0.25) is 9.78 Å². The number of hydrogen-bond donors (Lipinski definition) is 2. The van der Waals surface area contributed by atoms with Gasteiger partial charge in [0, 0.05) is 30.8 Å². The lowest BCUT2D eigenvalue weighted by Gasteiger charge is -2.13. The number of anilines is 1. The van der Waals surface area contributed by atoms with E-state index in [-0.39, 0.29) is 11.5 Å². The fourth-order valence-corrected chi connectivity index (χ4v) is 2.22. The van der Waals surface area contributed by atoms with Crippen molar-refractivity contribution in [2.75, 3.05) is 5.32 Å². The average molecular weight is 320 g/mol. The zero-order chi connectivity index (χ0) is 17.4. The highest BCUT2D eigenvalue weighted by molar-refractivity contribution is 6.06. The lowest BCUT2D eigenvalue weighted by molar-refractivity contribution is -0.112. The average Bonchev–Trinajstić information content (AvgIpc) is 2.60. The summed E-state index contributed by atoms with van der Waals surface area (Å²) in [5.74, 6) is -0.145. The number of nitriles is 1. The van der Waals surface area contributed by atoms with Crippen molar-refractivity contribution in [3.8, 4) is 6.07 Å². The molecule has 5 heteroatoms. The van der Waals surface area contributed by atoms with E-state index in [9.17, 15) is 10.1 Å². The van der Waals surface area contributed by atoms with Crippen LogP contribution < -0.4 is 10.6 Å². The Morgan fingerprint density at radius 1 is 1.25 bits per heavy atom. The molecule has 1 amide bonds. The molecule has 2 rings (SSSR count). The molecular weight excluding hydrogens is 300 g/mol. The van der Waals surface area contributed by atoms with Crippen molar-refractivity contribution in [3.63, 3.8) is 0 Å². The second kappa shape index (κ2) is 8.49. The predicted octanol–water partition coefficient (Wildman–Crippen LogP) is 3.34. The predicted molar refractivity (Wildman–Crippen MR) is 93.9 cm³/mol. The van der Waals surface area contributed by atoms with Gasteiger partial charge >= 0.3 is 0 Å². The monoisotopic (exact) mass is 320 g/mol. The van der Waals surface area contributed by atoms with Crippen molar-refractivity contribution in [1.29, 1.82) is 5.26 Å². The molecule has 0 saturated heterocycles. The minimum Gasteiger partial charge on any atom is -0.386 e. The first-order valence-corrected chi connectivity index (χ1v) is 7.74. The van der Waals surface area contributed by atoms with E-state index < -0.39 is 5.91 Å². The number of benzene rings is 1. The van der Waals surface area contributed by atoms with Crippen LogP contribution in [0.3, 0.4) is 0 Å². The van der Waals surface area contributed by atoms with E-state index >= 15 is 0 Å². The van der Waals surface area contributed by atoms with Crippen LogP contribution in [0.25, 0.3) is 0 Å². The first-order valence-electron chi connectivity index (χ1n) is 7.74. The SMILES string of the molecule is CC(C)c1ccccc1NC(=O)/C(C#N)=C\NCc1ccncc1. The van der Waals surface area contributed by atoms with Crippen LogP contribution in [0.4, 0.5) is 5.69 Å². The molecule has 24 heavy (non-hydrogen) atoms. The topological polar surface area (TPSA) is 77.8 Å². The standard InChI is InChI=1S/C19H20N4O/c1-14(2)17-5-3-4-6-18(17)23-19(24)16(11-20)13-22-12-15-7-9-21-10-8-15/h3-10,13-14,22H,12H2,1-2H3,(H,23,24)/b16-13-. The Morgan fingerprint density at radius 2 is 1.96 bits per heavy atom. The maximum atomic E-state index is 12.3. The number of pyridine rings is 1. The molecule has 0 aliphatic rings. The number of rotatable bonds is 6. The zero-order valence-corrected chi connectivity index (χ0v) is 13.8. The minimum absolute atomic E-state index is 0.0302. The molecule has 0 atom stereocenters. The molecule has 0 spiro atoms. The minimum atomic E-state index is -0.423. The van der Waals surface area contributed by atoms with Gasteiger partial charge in [-0.1, -0.05) is 32.0 Å². The Hall–Kier alpha value is -3.13. The van der Waals surface area contributed by atoms with Gasteiger partial charge in [0.2, 0.25) is 0 Å². The highest BCUT2D eigenvalue weighted by Crippen LogP contribution is 2.23. The Morgan fingerprint density at radius 3 is 2.62 bits per heavy atom. The molecule has 0 fully saturated rings. The van der Waals surface area contributed by atoms with E-state index in [0.29, 0.717) is 6.54 Å². The zero-order valence-electron chi connectivity index (χ0n) is 13.8. The third kappa shape index (κ3) is 4.68. The van der Waals surface area contributed by atoms with Gasteiger partial charge in [-0.15, -0.1) is 0 Å². The van der Waals surface area contributed by atoms with Crippen molar-refractivity contribution < 1.29 is 4.79 Å². The van der Waals surface area contributed by atoms with Crippen LogP contribution >= 0.6 is 0 Å². The Bertz CT molecular complexity index is 760. The summed E-state index contributed by atoms with van der Waals surface area (Å²) in [6.07, 6.45) is 4.83. The van der Waals surface area contributed by atoms with Gasteiger partial charge in [0.1, 0.15) is 11.6 Å². The molecule has 1 aromatic carbocycles. The van der Waals surface area contributed by atoms with Gasteiger partial charge in [0.05, 0.1) is 0 Å². The Balaban J connectivity index is 2.04. The first kappa shape index (κ1) is 17.2. The lowest BCUT2D eigenvalue weighted by Crippen LogP contribution is -2.17. The summed E-state index contributed by atoms with van der Waals surface area (Å²) in [4.78, 5) is 16.3. The molecule has 0 unspecified atom stereocenters. The van der Waals surface area contributed by atoms with Crippen molar-refractivity contribution >= 4 is 11.6 Å². The van der Waals surface area contributed by atoms with Crippen LogP contribution in [0.15, 0.2) is 60.6 Å². The van der Waals surface area contributed by atoms with Crippen LogP contribution in [0.1, 0.15) is 30.9 Å². The summed E-state index contributed by atoms with van der Waals surface area (Å²) in [6, 6.07) is 13.3. The van der Waals surface area contributed by atoms with Gasteiger partial charge < -0.3 is 10.6 Å². The first-order chi connectivity index (χ1) is 11.6. The molecule has 0 aliphatic heterocycles. The highest BCUT2D eigenvalue weighted by atomic mass is 16.1. The third-order valence-electron chi connectivity index (χ3n) is 3.50. The molecule has 1 heterocycles. The van der Waals surface area contributed by atoms with E-state index in [0.717, 1.165) is 16.8 Å². The maximum absolute atomic E-state index is 12.3. The largest absolute Gasteiger partial charge is 0.386 e. The number of carbonyl (C=O) groups excluding carboxylic acids is 1. The number of hydrogen-bond acceptors (Lipinski definition) is 4. The molecule has 2 N–H and O–H groups in total. The van der Waals surface area contributed by atoms with E-state index in [4.69, 9.17) is 0 Å². The van der Waals surface area contributed by atoms with Crippen molar-refractivity contribution in [2.24, 2.45) is 0 Å². The number of amides is 1. The second-order valence-corrected chi connectivity index (χ2v) is 5.60. The van der Waals surface area contributed by atoms with Crippen molar-refractivity contribution in [3.05, 3.63) is 71.7 Å². The smallest absolute Gasteiger partial charge is 0.267 e. The molecule has 5 nitrogen and oxygen atoms in total. The number of aromatic nitrogens is 1. The van der Waals surface area contributed by atoms with Crippen molar-refractivity contribution in [2.45, 2.75) is 26.3 Å². The molecule has 0 radical (unpaired) electrons. The van der Waals surface area contributed by atoms with Gasteiger partial charge in [-0.05, 0) is 35.2 Å². The van der Waals surface area contributed by atoms with Gasteiger partial charge in [0.25, 0.3) is 5.91 Å². The number of nitrogens with zero attached hydrogens (tertiary/aromatic N) is 2. The number of carbonyl (C=O) groups is 1. The summed E-state index contributed by atoms with van der Waals surface area (Å²) in [5, 5.41) is 15.0.